The minimum atomic E-state index is -0.266. The van der Waals surface area contributed by atoms with Crippen molar-refractivity contribution in [2.24, 2.45) is 11.8 Å². The van der Waals surface area contributed by atoms with E-state index >= 15 is 0 Å². The van der Waals surface area contributed by atoms with Crippen LogP contribution in [0.25, 0.3) is 0 Å². The second-order valence-corrected chi connectivity index (χ2v) is 7.01. The molecule has 0 heterocycles. The molecule has 0 radical (unpaired) electrons. The minimum absolute atomic E-state index is 0.0670. The van der Waals surface area contributed by atoms with Crippen LogP contribution in [0.1, 0.15) is 23.1 Å². The number of nitrogens with one attached hydrogen (secondary N) is 2. The lowest BCUT2D eigenvalue weighted by molar-refractivity contribution is -0.125. The molecule has 1 aliphatic rings. The van der Waals surface area contributed by atoms with Crippen LogP contribution >= 0.6 is 11.6 Å². The van der Waals surface area contributed by atoms with Crippen LogP contribution < -0.4 is 10.6 Å². The number of benzene rings is 2. The monoisotopic (exact) mass is 356 g/mol. The third-order valence-electron chi connectivity index (χ3n) is 4.49. The normalized spacial score (nSPS) is 18.5. The van der Waals surface area contributed by atoms with Crippen molar-refractivity contribution in [3.63, 3.8) is 0 Å². The summed E-state index contributed by atoms with van der Waals surface area (Å²) in [5, 5.41) is 6.35. The molecule has 1 saturated carbocycles. The van der Waals surface area contributed by atoms with Gasteiger partial charge in [0.25, 0.3) is 0 Å². The topological polar surface area (TPSA) is 58.2 Å². The number of anilines is 1. The van der Waals surface area contributed by atoms with Crippen LogP contribution in [0.15, 0.2) is 42.5 Å². The molecule has 4 nitrogen and oxygen atoms in total. The number of hydrogen-bond acceptors (Lipinski definition) is 2. The zero-order valence-electron chi connectivity index (χ0n) is 14.3. The number of aryl methyl sites for hydroxylation is 2. The average Bonchev–Trinajstić information content (AvgIpc) is 3.38. The summed E-state index contributed by atoms with van der Waals surface area (Å²) in [5.41, 5.74) is 3.85. The summed E-state index contributed by atoms with van der Waals surface area (Å²) in [6, 6.07) is 13.4. The molecule has 5 heteroatoms. The molecule has 2 aromatic rings. The molecule has 0 saturated heterocycles. The molecule has 130 valence electrons. The van der Waals surface area contributed by atoms with Crippen LogP contribution in [0.4, 0.5) is 5.69 Å². The van der Waals surface area contributed by atoms with Crippen LogP contribution in [-0.2, 0) is 16.1 Å². The van der Waals surface area contributed by atoms with Gasteiger partial charge in [0.2, 0.25) is 11.8 Å². The lowest BCUT2D eigenvalue weighted by atomic mass is 10.1. The van der Waals surface area contributed by atoms with Gasteiger partial charge in [-0.25, -0.2) is 0 Å². The Labute approximate surface area is 152 Å². The summed E-state index contributed by atoms with van der Waals surface area (Å²) >= 11 is 6.07. The van der Waals surface area contributed by atoms with Crippen LogP contribution in [-0.4, -0.2) is 11.8 Å². The summed E-state index contributed by atoms with van der Waals surface area (Å²) < 4.78 is 0. The molecule has 2 aromatic carbocycles. The fourth-order valence-electron chi connectivity index (χ4n) is 2.71. The van der Waals surface area contributed by atoms with Gasteiger partial charge in [-0.3, -0.25) is 9.59 Å². The summed E-state index contributed by atoms with van der Waals surface area (Å²) in [4.78, 5) is 24.5. The molecule has 1 fully saturated rings. The molecule has 2 amide bonds. The molecular weight excluding hydrogens is 336 g/mol. The second-order valence-electron chi connectivity index (χ2n) is 6.61. The molecule has 2 unspecified atom stereocenters. The van der Waals surface area contributed by atoms with E-state index in [-0.39, 0.29) is 23.7 Å². The summed E-state index contributed by atoms with van der Waals surface area (Å²) in [6.07, 6.45) is 0.588. The van der Waals surface area contributed by atoms with Gasteiger partial charge in [0, 0.05) is 17.3 Å². The fourth-order valence-corrected chi connectivity index (χ4v) is 2.89. The van der Waals surface area contributed by atoms with Gasteiger partial charge in [0.1, 0.15) is 0 Å². The Bertz CT molecular complexity index is 802. The fraction of sp³-hybridized carbons (Fsp3) is 0.300. The molecular formula is C20H21ClN2O2. The quantitative estimate of drug-likeness (QED) is 0.854. The number of rotatable bonds is 5. The van der Waals surface area contributed by atoms with Crippen molar-refractivity contribution < 1.29 is 9.59 Å². The predicted molar refractivity (Wildman–Crippen MR) is 99.4 cm³/mol. The van der Waals surface area contributed by atoms with Gasteiger partial charge < -0.3 is 10.6 Å². The summed E-state index contributed by atoms with van der Waals surface area (Å²) in [5.74, 6) is -0.706. The number of carbonyl (C=O) groups is 2. The van der Waals surface area contributed by atoms with Gasteiger partial charge in [-0.05, 0) is 43.5 Å². The molecule has 0 aromatic heterocycles. The second kappa shape index (κ2) is 7.28. The maximum atomic E-state index is 12.3. The molecule has 1 aliphatic carbocycles. The van der Waals surface area contributed by atoms with E-state index in [1.54, 1.807) is 6.07 Å². The Balaban J connectivity index is 1.49. The van der Waals surface area contributed by atoms with Gasteiger partial charge in [-0.15, -0.1) is 0 Å². The Hall–Kier alpha value is -2.33. The SMILES string of the molecule is Cc1ccc(CNC(=O)C2CC2C(=O)Nc2ccc(C)c(Cl)c2)cc1. The lowest BCUT2D eigenvalue weighted by Gasteiger charge is -2.07. The van der Waals surface area contributed by atoms with Crippen molar-refractivity contribution in [2.75, 3.05) is 5.32 Å². The first-order valence-corrected chi connectivity index (χ1v) is 8.72. The van der Waals surface area contributed by atoms with Crippen molar-refractivity contribution >= 4 is 29.1 Å². The molecule has 0 spiro atoms. The first-order valence-electron chi connectivity index (χ1n) is 8.34. The highest BCUT2D eigenvalue weighted by Crippen LogP contribution is 2.39. The van der Waals surface area contributed by atoms with E-state index in [1.165, 1.54) is 5.56 Å². The van der Waals surface area contributed by atoms with E-state index in [0.717, 1.165) is 11.1 Å². The van der Waals surface area contributed by atoms with Gasteiger partial charge in [-0.1, -0.05) is 47.5 Å². The van der Waals surface area contributed by atoms with Crippen molar-refractivity contribution in [1.29, 1.82) is 0 Å². The van der Waals surface area contributed by atoms with Crippen molar-refractivity contribution in [3.8, 4) is 0 Å². The summed E-state index contributed by atoms with van der Waals surface area (Å²) in [7, 11) is 0. The first kappa shape index (κ1) is 17.5. The Kier molecular flexibility index (Phi) is 5.09. The molecule has 3 rings (SSSR count). The van der Waals surface area contributed by atoms with Crippen LogP contribution in [0.5, 0.6) is 0 Å². The van der Waals surface area contributed by atoms with Gasteiger partial charge in [-0.2, -0.15) is 0 Å². The highest BCUT2D eigenvalue weighted by Gasteiger charge is 2.47. The minimum Gasteiger partial charge on any atom is -0.352 e. The van der Waals surface area contributed by atoms with Crippen molar-refractivity contribution in [2.45, 2.75) is 26.8 Å². The number of carbonyl (C=O) groups excluding carboxylic acids is 2. The third-order valence-corrected chi connectivity index (χ3v) is 4.90. The van der Waals surface area contributed by atoms with Gasteiger partial charge in [0.15, 0.2) is 0 Å². The van der Waals surface area contributed by atoms with E-state index < -0.39 is 0 Å². The van der Waals surface area contributed by atoms with E-state index in [2.05, 4.69) is 10.6 Å². The van der Waals surface area contributed by atoms with Gasteiger partial charge in [0.05, 0.1) is 11.8 Å². The number of hydrogen-bond donors (Lipinski definition) is 2. The Morgan fingerprint density at radius 1 is 1.04 bits per heavy atom. The summed E-state index contributed by atoms with van der Waals surface area (Å²) in [6.45, 7) is 4.41. The zero-order valence-corrected chi connectivity index (χ0v) is 15.1. The molecule has 0 aliphatic heterocycles. The standard InChI is InChI=1S/C20H21ClN2O2/c1-12-3-6-14(7-4-12)11-22-19(24)16-10-17(16)20(25)23-15-8-5-13(2)18(21)9-15/h3-9,16-17H,10-11H2,1-2H3,(H,22,24)(H,23,25). The van der Waals surface area contributed by atoms with E-state index in [9.17, 15) is 9.59 Å². The van der Waals surface area contributed by atoms with E-state index in [0.29, 0.717) is 23.7 Å². The lowest BCUT2D eigenvalue weighted by Crippen LogP contribution is -2.27. The highest BCUT2D eigenvalue weighted by molar-refractivity contribution is 6.31. The Morgan fingerprint density at radius 3 is 2.40 bits per heavy atom. The maximum Gasteiger partial charge on any atom is 0.228 e. The Morgan fingerprint density at radius 2 is 1.72 bits per heavy atom. The van der Waals surface area contributed by atoms with Crippen LogP contribution in [0, 0.1) is 25.7 Å². The smallest absolute Gasteiger partial charge is 0.228 e. The zero-order chi connectivity index (χ0) is 18.0. The molecule has 2 atom stereocenters. The molecule has 0 bridgehead atoms. The van der Waals surface area contributed by atoms with E-state index in [4.69, 9.17) is 11.6 Å². The predicted octanol–water partition coefficient (Wildman–Crippen LogP) is 3.85. The number of halogens is 1. The van der Waals surface area contributed by atoms with Crippen molar-refractivity contribution in [3.05, 3.63) is 64.2 Å². The third kappa shape index (κ3) is 4.40. The van der Waals surface area contributed by atoms with Crippen molar-refractivity contribution in [1.82, 2.24) is 5.32 Å². The average molecular weight is 357 g/mol. The largest absolute Gasteiger partial charge is 0.352 e. The molecule has 25 heavy (non-hydrogen) atoms. The van der Waals surface area contributed by atoms with Gasteiger partial charge >= 0.3 is 0 Å². The highest BCUT2D eigenvalue weighted by atomic mass is 35.5. The van der Waals surface area contributed by atoms with E-state index in [1.807, 2.05) is 50.2 Å². The molecule has 2 N–H and O–H groups in total. The first-order chi connectivity index (χ1) is 11.9. The van der Waals surface area contributed by atoms with Crippen LogP contribution in [0.3, 0.4) is 0 Å². The maximum absolute atomic E-state index is 12.3. The number of amides is 2. The van der Waals surface area contributed by atoms with Crippen LogP contribution in [0.2, 0.25) is 5.02 Å².